The van der Waals surface area contributed by atoms with Gasteiger partial charge in [-0.25, -0.2) is 9.59 Å². The van der Waals surface area contributed by atoms with Crippen LogP contribution in [0.4, 0.5) is 0 Å². The number of hydrogen-bond acceptors (Lipinski definition) is 7. The highest BCUT2D eigenvalue weighted by molar-refractivity contribution is 14.1. The molecule has 0 bridgehead atoms. The molecule has 0 radical (unpaired) electrons. The lowest BCUT2D eigenvalue weighted by molar-refractivity contribution is -0.295. The van der Waals surface area contributed by atoms with Gasteiger partial charge >= 0.3 is 11.9 Å². The van der Waals surface area contributed by atoms with Crippen molar-refractivity contribution in [2.24, 2.45) is 0 Å². The average molecular weight is 602 g/mol. The van der Waals surface area contributed by atoms with Crippen LogP contribution in [0.2, 0.25) is 0 Å². The Hall–Kier alpha value is -2.79. The minimum absolute atomic E-state index is 0.225. The molecule has 0 aliphatic carbocycles. The Balaban J connectivity index is 1.65. The van der Waals surface area contributed by atoms with E-state index in [4.69, 9.17) is 23.7 Å². The van der Waals surface area contributed by atoms with Crippen molar-refractivity contribution in [2.45, 2.75) is 37.3 Å². The van der Waals surface area contributed by atoms with Crippen LogP contribution in [0.3, 0.4) is 0 Å². The Bertz CT molecular complexity index is 1110. The van der Waals surface area contributed by atoms with Crippen LogP contribution in [0.25, 0.3) is 0 Å². The van der Waals surface area contributed by atoms with Gasteiger partial charge in [0.2, 0.25) is 0 Å². The summed E-state index contributed by atoms with van der Waals surface area (Å²) in [6.07, 6.45) is -4.18. The molecule has 3 aromatic rings. The van der Waals surface area contributed by atoms with Crippen molar-refractivity contribution in [1.29, 1.82) is 0 Å². The number of methoxy groups -OCH3 is 1. The summed E-state index contributed by atoms with van der Waals surface area (Å²) in [5, 5.41) is 0. The van der Waals surface area contributed by atoms with Crippen LogP contribution in [-0.4, -0.2) is 54.2 Å². The molecular weight excluding hydrogens is 575 g/mol. The van der Waals surface area contributed by atoms with Gasteiger partial charge in [-0.2, -0.15) is 0 Å². The lowest BCUT2D eigenvalue weighted by atomic mass is 9.98. The SMILES string of the molecule is CO[C@H]1O[C@H](CI)[C@@H](OC(=O)c2ccccc2)[C@H](OC(=O)c2ccccc2)[C@H]1OCc1ccccc1. The van der Waals surface area contributed by atoms with Crippen LogP contribution in [0.1, 0.15) is 26.3 Å². The van der Waals surface area contributed by atoms with E-state index in [-0.39, 0.29) is 6.61 Å². The molecule has 0 unspecified atom stereocenters. The summed E-state index contributed by atoms with van der Waals surface area (Å²) in [5.41, 5.74) is 1.68. The molecule has 1 fully saturated rings. The van der Waals surface area contributed by atoms with Gasteiger partial charge in [0, 0.05) is 11.5 Å². The van der Waals surface area contributed by atoms with Gasteiger partial charge in [-0.1, -0.05) is 89.3 Å². The predicted octanol–water partition coefficient (Wildman–Crippen LogP) is 4.83. The number of ether oxygens (including phenoxy) is 5. The number of carbonyl (C=O) groups is 2. The number of halogens is 1. The molecule has 8 heteroatoms. The van der Waals surface area contributed by atoms with E-state index in [1.165, 1.54) is 7.11 Å². The second kappa shape index (κ2) is 13.0. The van der Waals surface area contributed by atoms with E-state index in [2.05, 4.69) is 22.6 Å². The van der Waals surface area contributed by atoms with Gasteiger partial charge in [-0.05, 0) is 29.8 Å². The Kier molecular flexibility index (Phi) is 9.46. The first kappa shape index (κ1) is 26.3. The lowest BCUT2D eigenvalue weighted by Gasteiger charge is -2.44. The van der Waals surface area contributed by atoms with Gasteiger partial charge in [0.15, 0.2) is 18.5 Å². The zero-order valence-electron chi connectivity index (χ0n) is 19.7. The van der Waals surface area contributed by atoms with Gasteiger partial charge in [0.05, 0.1) is 17.7 Å². The zero-order valence-corrected chi connectivity index (χ0v) is 21.9. The quantitative estimate of drug-likeness (QED) is 0.197. The highest BCUT2D eigenvalue weighted by Gasteiger charge is 2.51. The Labute approximate surface area is 223 Å². The molecule has 0 aromatic heterocycles. The maximum absolute atomic E-state index is 13.1. The Morgan fingerprint density at radius 1 is 0.750 bits per heavy atom. The summed E-state index contributed by atoms with van der Waals surface area (Å²) >= 11 is 2.15. The highest BCUT2D eigenvalue weighted by Crippen LogP contribution is 2.31. The van der Waals surface area contributed by atoms with Gasteiger partial charge in [-0.15, -0.1) is 0 Å². The van der Waals surface area contributed by atoms with Crippen molar-refractivity contribution in [1.82, 2.24) is 0 Å². The smallest absolute Gasteiger partial charge is 0.338 e. The molecule has 1 saturated heterocycles. The fraction of sp³-hybridized carbons (Fsp3) is 0.286. The minimum Gasteiger partial charge on any atom is -0.452 e. The third-order valence-corrected chi connectivity index (χ3v) is 6.63. The maximum atomic E-state index is 13.1. The number of esters is 2. The molecule has 0 N–H and O–H groups in total. The van der Waals surface area contributed by atoms with Gasteiger partial charge in [-0.3, -0.25) is 0 Å². The van der Waals surface area contributed by atoms with Crippen LogP contribution < -0.4 is 0 Å². The largest absolute Gasteiger partial charge is 0.452 e. The van der Waals surface area contributed by atoms with Crippen LogP contribution in [0, 0.1) is 0 Å². The molecule has 188 valence electrons. The first-order valence-electron chi connectivity index (χ1n) is 11.5. The van der Waals surface area contributed by atoms with Crippen LogP contribution in [0.15, 0.2) is 91.0 Å². The molecule has 1 heterocycles. The molecule has 5 atom stereocenters. The van der Waals surface area contributed by atoms with Crippen molar-refractivity contribution in [3.63, 3.8) is 0 Å². The summed E-state index contributed by atoms with van der Waals surface area (Å²) in [4.78, 5) is 26.1. The second-order valence-corrected chi connectivity index (χ2v) is 9.05. The molecule has 3 aromatic carbocycles. The summed E-state index contributed by atoms with van der Waals surface area (Å²) in [5.74, 6) is -1.10. The van der Waals surface area contributed by atoms with Crippen LogP contribution in [0.5, 0.6) is 0 Å². The summed E-state index contributed by atoms with van der Waals surface area (Å²) in [6.45, 7) is 0.225. The third kappa shape index (κ3) is 6.50. The van der Waals surface area contributed by atoms with Crippen molar-refractivity contribution in [2.75, 3.05) is 11.5 Å². The Morgan fingerprint density at radius 3 is 1.75 bits per heavy atom. The maximum Gasteiger partial charge on any atom is 0.338 e. The van der Waals surface area contributed by atoms with Gasteiger partial charge < -0.3 is 23.7 Å². The topological polar surface area (TPSA) is 80.3 Å². The van der Waals surface area contributed by atoms with E-state index in [1.807, 2.05) is 42.5 Å². The summed E-state index contributed by atoms with van der Waals surface area (Å²) < 4.78 is 30.3. The third-order valence-electron chi connectivity index (χ3n) is 5.77. The van der Waals surface area contributed by atoms with Crippen molar-refractivity contribution >= 4 is 34.5 Å². The molecule has 7 nitrogen and oxygen atoms in total. The predicted molar refractivity (Wildman–Crippen MR) is 141 cm³/mol. The lowest BCUT2D eigenvalue weighted by Crippen LogP contribution is -2.62. The number of rotatable bonds is 9. The van der Waals surface area contributed by atoms with E-state index in [1.54, 1.807) is 48.5 Å². The molecule has 0 amide bonds. The van der Waals surface area contributed by atoms with E-state index in [0.717, 1.165) is 5.56 Å². The first-order chi connectivity index (χ1) is 17.6. The number of alkyl halides is 1. The highest BCUT2D eigenvalue weighted by atomic mass is 127. The molecule has 4 rings (SSSR count). The fourth-order valence-corrected chi connectivity index (χ4v) is 4.65. The molecule has 0 saturated carbocycles. The molecule has 0 spiro atoms. The number of hydrogen-bond donors (Lipinski definition) is 0. The molecule has 36 heavy (non-hydrogen) atoms. The van der Waals surface area contributed by atoms with Crippen LogP contribution >= 0.6 is 22.6 Å². The standard InChI is InChI=1S/C28H27IO7/c1-32-28-25(33-18-19-11-5-2-6-12-19)24(36-27(31)21-15-9-4-10-16-21)23(22(17-29)34-28)35-26(30)20-13-7-3-8-14-20/h2-16,22-25,28H,17-18H2,1H3/t22-,23-,24+,25-,28+/m1/s1. The van der Waals surface area contributed by atoms with Gasteiger partial charge in [0.1, 0.15) is 12.2 Å². The number of benzene rings is 3. The average Bonchev–Trinajstić information content (AvgIpc) is 2.94. The molecule has 1 aliphatic rings. The minimum atomic E-state index is -0.979. The molecular formula is C28H27IO7. The van der Waals surface area contributed by atoms with Crippen molar-refractivity contribution in [3.05, 3.63) is 108 Å². The monoisotopic (exact) mass is 602 g/mol. The Morgan fingerprint density at radius 2 is 1.25 bits per heavy atom. The van der Waals surface area contributed by atoms with E-state index < -0.39 is 42.6 Å². The number of carbonyl (C=O) groups excluding carboxylic acids is 2. The summed E-state index contributed by atoms with van der Waals surface area (Å²) in [6, 6.07) is 26.9. The summed E-state index contributed by atoms with van der Waals surface area (Å²) in [7, 11) is 1.50. The van der Waals surface area contributed by atoms with Crippen molar-refractivity contribution in [3.8, 4) is 0 Å². The normalized spacial score (nSPS) is 23.6. The van der Waals surface area contributed by atoms with E-state index >= 15 is 0 Å². The fourth-order valence-electron chi connectivity index (χ4n) is 3.94. The van der Waals surface area contributed by atoms with Crippen molar-refractivity contribution < 1.29 is 33.3 Å². The van der Waals surface area contributed by atoms with E-state index in [0.29, 0.717) is 15.6 Å². The van der Waals surface area contributed by atoms with Crippen LogP contribution in [-0.2, 0) is 30.3 Å². The molecule has 1 aliphatic heterocycles. The first-order valence-corrected chi connectivity index (χ1v) is 13.0. The van der Waals surface area contributed by atoms with Gasteiger partial charge in [0.25, 0.3) is 0 Å². The zero-order chi connectivity index (χ0) is 25.3. The second-order valence-electron chi connectivity index (χ2n) is 8.17. The van der Waals surface area contributed by atoms with E-state index in [9.17, 15) is 9.59 Å².